The third kappa shape index (κ3) is 5.11. The van der Waals surface area contributed by atoms with Crippen molar-refractivity contribution in [1.82, 2.24) is 19.7 Å². The highest BCUT2D eigenvalue weighted by atomic mass is 35.5. The summed E-state index contributed by atoms with van der Waals surface area (Å²) in [6, 6.07) is 22.6. The Bertz CT molecular complexity index is 1470. The highest BCUT2D eigenvalue weighted by Gasteiger charge is 2.19. The van der Waals surface area contributed by atoms with Crippen molar-refractivity contribution in [3.05, 3.63) is 108 Å². The quantitative estimate of drug-likeness (QED) is 0.263. The molecule has 1 N–H and O–H groups in total. The largest absolute Gasteiger partial charge is 0.447 e. The van der Waals surface area contributed by atoms with Crippen LogP contribution in [-0.4, -0.2) is 25.7 Å². The monoisotopic (exact) mass is 505 g/mol. The van der Waals surface area contributed by atoms with E-state index in [4.69, 9.17) is 16.0 Å². The number of carbonyl (C=O) groups is 1. The minimum Gasteiger partial charge on any atom is -0.447 e. The topological polar surface area (TPSA) is 85.8 Å². The van der Waals surface area contributed by atoms with Gasteiger partial charge < -0.3 is 9.73 Å². The maximum Gasteiger partial charge on any atom is 0.277 e. The van der Waals surface area contributed by atoms with Gasteiger partial charge in [0.05, 0.1) is 10.8 Å². The van der Waals surface area contributed by atoms with Gasteiger partial charge in [0, 0.05) is 16.9 Å². The van der Waals surface area contributed by atoms with Crippen LogP contribution in [0, 0.1) is 5.82 Å². The highest BCUT2D eigenvalue weighted by molar-refractivity contribution is 7.98. The van der Waals surface area contributed by atoms with Crippen LogP contribution >= 0.6 is 23.4 Å². The lowest BCUT2D eigenvalue weighted by molar-refractivity contribution is 0.102. The third-order valence-electron chi connectivity index (χ3n) is 4.97. The Kier molecular flexibility index (Phi) is 6.60. The molecule has 0 atom stereocenters. The summed E-state index contributed by atoms with van der Waals surface area (Å²) < 4.78 is 20.5. The molecule has 0 fully saturated rings. The zero-order valence-corrected chi connectivity index (χ0v) is 19.6. The number of carbonyl (C=O) groups excluding carboxylic acids is 1. The molecule has 0 spiro atoms. The number of benzene rings is 3. The van der Waals surface area contributed by atoms with Crippen LogP contribution in [0.3, 0.4) is 0 Å². The van der Waals surface area contributed by atoms with E-state index in [0.717, 1.165) is 11.3 Å². The van der Waals surface area contributed by atoms with E-state index in [9.17, 15) is 9.18 Å². The number of halogens is 2. The summed E-state index contributed by atoms with van der Waals surface area (Å²) in [6.45, 7) is 0. The molecule has 10 heteroatoms. The molecular weight excluding hydrogens is 489 g/mol. The van der Waals surface area contributed by atoms with Crippen LogP contribution in [0.2, 0.25) is 5.02 Å². The molecule has 2 aromatic heterocycles. The number of hydrogen-bond acceptors (Lipinski definition) is 6. The summed E-state index contributed by atoms with van der Waals surface area (Å²) in [4.78, 5) is 16.7. The van der Waals surface area contributed by atoms with Crippen LogP contribution in [0.15, 0.2) is 94.7 Å². The first-order chi connectivity index (χ1) is 17.1. The lowest BCUT2D eigenvalue weighted by Gasteiger charge is -2.10. The number of hydrogen-bond donors (Lipinski definition) is 1. The van der Waals surface area contributed by atoms with Gasteiger partial charge in [-0.1, -0.05) is 53.7 Å². The Balaban J connectivity index is 1.36. The van der Waals surface area contributed by atoms with Gasteiger partial charge in [-0.3, -0.25) is 9.36 Å². The second-order valence-corrected chi connectivity index (χ2v) is 8.68. The SMILES string of the molecule is O=C(Nc1ccc(F)cc1)c1coc(CSc2nnc(-c3ccccc3Cl)n2-c2ccccc2)n1. The Labute approximate surface area is 209 Å². The minimum absolute atomic E-state index is 0.117. The van der Waals surface area contributed by atoms with E-state index in [1.54, 1.807) is 6.07 Å². The molecule has 0 aliphatic rings. The molecule has 0 aliphatic carbocycles. The number of amides is 1. The van der Waals surface area contributed by atoms with Crippen molar-refractivity contribution in [2.24, 2.45) is 0 Å². The maximum atomic E-state index is 13.1. The fraction of sp³-hybridized carbons (Fsp3) is 0.0400. The van der Waals surface area contributed by atoms with Gasteiger partial charge in [0.15, 0.2) is 16.7 Å². The van der Waals surface area contributed by atoms with E-state index in [1.165, 1.54) is 42.3 Å². The second kappa shape index (κ2) is 10.1. The second-order valence-electron chi connectivity index (χ2n) is 7.33. The number of aromatic nitrogens is 4. The first-order valence-electron chi connectivity index (χ1n) is 10.5. The molecule has 7 nitrogen and oxygen atoms in total. The summed E-state index contributed by atoms with van der Waals surface area (Å²) in [5.41, 5.74) is 2.21. The molecule has 35 heavy (non-hydrogen) atoms. The summed E-state index contributed by atoms with van der Waals surface area (Å²) >= 11 is 7.79. The maximum absolute atomic E-state index is 13.1. The number of nitrogens with one attached hydrogen (secondary N) is 1. The molecule has 5 rings (SSSR count). The molecule has 3 aromatic carbocycles. The predicted octanol–water partition coefficient (Wildman–Crippen LogP) is 6.26. The van der Waals surface area contributed by atoms with Crippen LogP contribution in [0.1, 0.15) is 16.4 Å². The van der Waals surface area contributed by atoms with Crippen molar-refractivity contribution < 1.29 is 13.6 Å². The normalized spacial score (nSPS) is 10.9. The molecule has 1 amide bonds. The fourth-order valence-electron chi connectivity index (χ4n) is 3.33. The zero-order chi connectivity index (χ0) is 24.2. The van der Waals surface area contributed by atoms with E-state index in [2.05, 4.69) is 20.5 Å². The number of anilines is 1. The van der Waals surface area contributed by atoms with Crippen molar-refractivity contribution in [3.8, 4) is 17.1 Å². The Morgan fingerprint density at radius 1 is 1.00 bits per heavy atom. The fourth-order valence-corrected chi connectivity index (χ4v) is 4.35. The van der Waals surface area contributed by atoms with Gasteiger partial charge >= 0.3 is 0 Å². The van der Waals surface area contributed by atoms with Gasteiger partial charge in [-0.25, -0.2) is 9.37 Å². The molecule has 174 valence electrons. The predicted molar refractivity (Wildman–Crippen MR) is 132 cm³/mol. The van der Waals surface area contributed by atoms with E-state index < -0.39 is 5.91 Å². The van der Waals surface area contributed by atoms with Crippen molar-refractivity contribution in [1.29, 1.82) is 0 Å². The first-order valence-corrected chi connectivity index (χ1v) is 11.8. The van der Waals surface area contributed by atoms with Crippen LogP contribution in [0.5, 0.6) is 0 Å². The molecule has 0 bridgehead atoms. The number of para-hydroxylation sites is 1. The minimum atomic E-state index is -0.454. The molecule has 0 radical (unpaired) electrons. The van der Waals surface area contributed by atoms with Crippen molar-refractivity contribution >= 4 is 35.0 Å². The Morgan fingerprint density at radius 2 is 1.74 bits per heavy atom. The van der Waals surface area contributed by atoms with Crippen LogP contribution in [-0.2, 0) is 5.75 Å². The van der Waals surface area contributed by atoms with Gasteiger partial charge in [0.2, 0.25) is 5.89 Å². The Hall–Kier alpha value is -3.95. The number of rotatable bonds is 7. The van der Waals surface area contributed by atoms with Gasteiger partial charge in [-0.15, -0.1) is 10.2 Å². The van der Waals surface area contributed by atoms with Crippen LogP contribution in [0.4, 0.5) is 10.1 Å². The van der Waals surface area contributed by atoms with E-state index in [0.29, 0.717) is 33.3 Å². The molecule has 2 heterocycles. The molecular formula is C25H17ClFN5O2S. The average Bonchev–Trinajstić information content (AvgIpc) is 3.52. The molecule has 0 unspecified atom stereocenters. The van der Waals surface area contributed by atoms with Gasteiger partial charge in [0.25, 0.3) is 5.91 Å². The van der Waals surface area contributed by atoms with Crippen molar-refractivity contribution in [2.75, 3.05) is 5.32 Å². The first kappa shape index (κ1) is 22.8. The lowest BCUT2D eigenvalue weighted by atomic mass is 10.2. The number of thioether (sulfide) groups is 1. The van der Waals surface area contributed by atoms with Crippen molar-refractivity contribution in [3.63, 3.8) is 0 Å². The zero-order valence-electron chi connectivity index (χ0n) is 18.1. The van der Waals surface area contributed by atoms with Crippen molar-refractivity contribution in [2.45, 2.75) is 10.9 Å². The molecule has 5 aromatic rings. The number of nitrogens with zero attached hydrogens (tertiary/aromatic N) is 4. The van der Waals surface area contributed by atoms with E-state index >= 15 is 0 Å². The molecule has 0 saturated carbocycles. The van der Waals surface area contributed by atoms with Gasteiger partial charge in [-0.2, -0.15) is 0 Å². The van der Waals surface area contributed by atoms with Crippen LogP contribution < -0.4 is 5.32 Å². The highest BCUT2D eigenvalue weighted by Crippen LogP contribution is 2.32. The van der Waals surface area contributed by atoms with E-state index in [1.807, 2.05) is 53.1 Å². The Morgan fingerprint density at radius 3 is 2.51 bits per heavy atom. The van der Waals surface area contributed by atoms with Gasteiger partial charge in [0.1, 0.15) is 12.1 Å². The summed E-state index contributed by atoms with van der Waals surface area (Å²) in [6.07, 6.45) is 1.28. The molecule has 0 aliphatic heterocycles. The summed E-state index contributed by atoms with van der Waals surface area (Å²) in [5.74, 6) is 0.434. The standard InChI is InChI=1S/C25H17ClFN5O2S/c26-20-9-5-4-8-19(20)23-30-31-25(32(23)18-6-2-1-3-7-18)35-15-22-29-21(14-34-22)24(33)28-17-12-10-16(27)11-13-17/h1-14H,15H2,(H,28,33). The van der Waals surface area contributed by atoms with Crippen LogP contribution in [0.25, 0.3) is 17.1 Å². The molecule has 0 saturated heterocycles. The van der Waals surface area contributed by atoms with E-state index in [-0.39, 0.29) is 11.5 Å². The lowest BCUT2D eigenvalue weighted by Crippen LogP contribution is -2.12. The summed E-state index contributed by atoms with van der Waals surface area (Å²) in [7, 11) is 0. The van der Waals surface area contributed by atoms with Gasteiger partial charge in [-0.05, 0) is 48.5 Å². The average molecular weight is 506 g/mol. The smallest absolute Gasteiger partial charge is 0.277 e. The number of oxazole rings is 1. The third-order valence-corrected chi connectivity index (χ3v) is 6.22. The summed E-state index contributed by atoms with van der Waals surface area (Å²) in [5, 5.41) is 12.6.